The molecule has 0 radical (unpaired) electrons. The highest BCUT2D eigenvalue weighted by molar-refractivity contribution is 5.90. The van der Waals surface area contributed by atoms with E-state index in [0.29, 0.717) is 24.8 Å². The molecule has 3 aromatic rings. The summed E-state index contributed by atoms with van der Waals surface area (Å²) in [5.74, 6) is 1.60. The van der Waals surface area contributed by atoms with Crippen LogP contribution >= 0.6 is 0 Å². The topological polar surface area (TPSA) is 83.8 Å². The number of hydrogen-bond acceptors (Lipinski definition) is 8. The number of rotatable bonds is 4. The van der Waals surface area contributed by atoms with Crippen molar-refractivity contribution in [2.24, 2.45) is 0 Å². The van der Waals surface area contributed by atoms with E-state index in [1.165, 1.54) is 0 Å². The first-order valence-electron chi connectivity index (χ1n) is 11.6. The molecule has 8 heteroatoms. The third-order valence-electron chi connectivity index (χ3n) is 6.36. The summed E-state index contributed by atoms with van der Waals surface area (Å²) in [5.41, 5.74) is 4.45. The molecule has 0 bridgehead atoms. The molecule has 2 aliphatic rings. The summed E-state index contributed by atoms with van der Waals surface area (Å²) in [6, 6.07) is 10.1. The highest BCUT2D eigenvalue weighted by Crippen LogP contribution is 2.30. The molecule has 2 aliphatic heterocycles. The molecule has 1 N–H and O–H groups in total. The molecule has 174 valence electrons. The lowest BCUT2D eigenvalue weighted by atomic mass is 10.0. The number of morpholine rings is 2. The monoisotopic (exact) mass is 449 g/mol. The van der Waals surface area contributed by atoms with Gasteiger partial charge in [0.1, 0.15) is 5.82 Å². The standard InChI is InChI=1S/C25H31N5O3/c1-16-4-5-19(12-20(16)15-31)22-7-6-21-23(26-22)27-25(30-13-17(2)33-18(3)14-30)28-24(21)29-8-10-32-11-9-29/h4-7,12,17-18,31H,8-11,13-15H2,1-3H3/t17-,18+. The van der Waals surface area contributed by atoms with E-state index in [1.54, 1.807) is 0 Å². The van der Waals surface area contributed by atoms with Crippen molar-refractivity contribution in [3.8, 4) is 11.3 Å². The third-order valence-corrected chi connectivity index (χ3v) is 6.36. The van der Waals surface area contributed by atoms with Crippen LogP contribution in [0.5, 0.6) is 0 Å². The first-order valence-corrected chi connectivity index (χ1v) is 11.6. The van der Waals surface area contributed by atoms with Crippen LogP contribution in [0.3, 0.4) is 0 Å². The second-order valence-electron chi connectivity index (χ2n) is 8.98. The summed E-state index contributed by atoms with van der Waals surface area (Å²) in [6.07, 6.45) is 0.229. The first-order chi connectivity index (χ1) is 16.0. The molecule has 0 spiro atoms. The van der Waals surface area contributed by atoms with Crippen LogP contribution in [0.15, 0.2) is 30.3 Å². The van der Waals surface area contributed by atoms with E-state index >= 15 is 0 Å². The van der Waals surface area contributed by atoms with Gasteiger partial charge in [-0.25, -0.2) is 4.98 Å². The van der Waals surface area contributed by atoms with Gasteiger partial charge in [0.2, 0.25) is 5.95 Å². The fraction of sp³-hybridized carbons (Fsp3) is 0.480. The van der Waals surface area contributed by atoms with Gasteiger partial charge in [-0.15, -0.1) is 0 Å². The maximum atomic E-state index is 9.69. The van der Waals surface area contributed by atoms with E-state index in [4.69, 9.17) is 24.4 Å². The van der Waals surface area contributed by atoms with Gasteiger partial charge in [-0.3, -0.25) is 0 Å². The highest BCUT2D eigenvalue weighted by atomic mass is 16.5. The number of ether oxygens (including phenoxy) is 2. The Bertz CT molecular complexity index is 1140. The lowest BCUT2D eigenvalue weighted by molar-refractivity contribution is -0.00570. The van der Waals surface area contributed by atoms with Gasteiger partial charge in [-0.2, -0.15) is 9.97 Å². The lowest BCUT2D eigenvalue weighted by Gasteiger charge is -2.36. The Kier molecular flexibility index (Phi) is 6.14. The molecule has 2 aromatic heterocycles. The molecule has 5 rings (SSSR count). The van der Waals surface area contributed by atoms with Crippen LogP contribution < -0.4 is 9.80 Å². The second-order valence-corrected chi connectivity index (χ2v) is 8.98. The zero-order valence-corrected chi connectivity index (χ0v) is 19.5. The summed E-state index contributed by atoms with van der Waals surface area (Å²) in [6.45, 7) is 10.6. The SMILES string of the molecule is Cc1ccc(-c2ccc3c(N4CCOCC4)nc(N4C[C@@H](C)O[C@@H](C)C4)nc3n2)cc1CO. The predicted octanol–water partition coefficient (Wildman–Crippen LogP) is 2.94. The van der Waals surface area contributed by atoms with Crippen molar-refractivity contribution in [1.82, 2.24) is 15.0 Å². The fourth-order valence-electron chi connectivity index (χ4n) is 4.64. The van der Waals surface area contributed by atoms with E-state index in [9.17, 15) is 5.11 Å². The van der Waals surface area contributed by atoms with Crippen molar-refractivity contribution in [1.29, 1.82) is 0 Å². The number of hydrogen-bond donors (Lipinski definition) is 1. The number of aryl methyl sites for hydroxylation is 1. The smallest absolute Gasteiger partial charge is 0.229 e. The van der Waals surface area contributed by atoms with Crippen molar-refractivity contribution >= 4 is 22.8 Å². The number of aliphatic hydroxyl groups is 1. The van der Waals surface area contributed by atoms with Gasteiger partial charge >= 0.3 is 0 Å². The molecule has 33 heavy (non-hydrogen) atoms. The van der Waals surface area contributed by atoms with Gasteiger partial charge in [0.15, 0.2) is 5.65 Å². The van der Waals surface area contributed by atoms with E-state index in [1.807, 2.05) is 31.2 Å². The molecule has 0 saturated carbocycles. The van der Waals surface area contributed by atoms with Crippen LogP contribution in [0.1, 0.15) is 25.0 Å². The Morgan fingerprint density at radius 1 is 0.970 bits per heavy atom. The lowest BCUT2D eigenvalue weighted by Crippen LogP contribution is -2.46. The fourth-order valence-corrected chi connectivity index (χ4v) is 4.64. The average molecular weight is 450 g/mol. The first kappa shape index (κ1) is 22.0. The number of fused-ring (bicyclic) bond motifs is 1. The van der Waals surface area contributed by atoms with E-state index in [0.717, 1.165) is 59.8 Å². The van der Waals surface area contributed by atoms with Gasteiger partial charge in [-0.05, 0) is 50.1 Å². The molecule has 0 unspecified atom stereocenters. The molecule has 4 heterocycles. The van der Waals surface area contributed by atoms with Crippen molar-refractivity contribution in [2.45, 2.75) is 39.6 Å². The van der Waals surface area contributed by atoms with Gasteiger partial charge in [0, 0.05) is 31.7 Å². The summed E-state index contributed by atoms with van der Waals surface area (Å²) in [5, 5.41) is 10.6. The van der Waals surface area contributed by atoms with Gasteiger partial charge < -0.3 is 24.4 Å². The molecule has 8 nitrogen and oxygen atoms in total. The molecular weight excluding hydrogens is 418 g/mol. The Morgan fingerprint density at radius 2 is 1.73 bits per heavy atom. The maximum absolute atomic E-state index is 9.69. The van der Waals surface area contributed by atoms with Crippen molar-refractivity contribution < 1.29 is 14.6 Å². The average Bonchev–Trinajstić information content (AvgIpc) is 2.83. The minimum atomic E-state index is 0.00809. The number of aromatic nitrogens is 3. The van der Waals surface area contributed by atoms with Crippen LogP contribution in [0, 0.1) is 6.92 Å². The number of pyridine rings is 1. The number of nitrogens with zero attached hydrogens (tertiary/aromatic N) is 5. The Balaban J connectivity index is 1.61. The number of benzene rings is 1. The Morgan fingerprint density at radius 3 is 2.45 bits per heavy atom. The quantitative estimate of drug-likeness (QED) is 0.651. The second kappa shape index (κ2) is 9.21. The van der Waals surface area contributed by atoms with E-state index in [-0.39, 0.29) is 18.8 Å². The molecule has 2 saturated heterocycles. The minimum Gasteiger partial charge on any atom is -0.392 e. The number of anilines is 2. The van der Waals surface area contributed by atoms with Crippen LogP contribution in [-0.4, -0.2) is 71.7 Å². The van der Waals surface area contributed by atoms with Gasteiger partial charge in [-0.1, -0.05) is 12.1 Å². The van der Waals surface area contributed by atoms with Gasteiger partial charge in [0.25, 0.3) is 0 Å². The molecule has 1 aromatic carbocycles. The number of aliphatic hydroxyl groups excluding tert-OH is 1. The van der Waals surface area contributed by atoms with Gasteiger partial charge in [0.05, 0.1) is 43.1 Å². The predicted molar refractivity (Wildman–Crippen MR) is 129 cm³/mol. The van der Waals surface area contributed by atoms with Crippen LogP contribution in [0.2, 0.25) is 0 Å². The minimum absolute atomic E-state index is 0.00809. The summed E-state index contributed by atoms with van der Waals surface area (Å²) in [7, 11) is 0. The zero-order chi connectivity index (χ0) is 22.9. The zero-order valence-electron chi connectivity index (χ0n) is 19.5. The largest absolute Gasteiger partial charge is 0.392 e. The summed E-state index contributed by atoms with van der Waals surface area (Å²) >= 11 is 0. The highest BCUT2D eigenvalue weighted by Gasteiger charge is 2.26. The molecule has 2 atom stereocenters. The van der Waals surface area contributed by atoms with Crippen molar-refractivity contribution in [3.05, 3.63) is 41.5 Å². The van der Waals surface area contributed by atoms with Crippen molar-refractivity contribution in [2.75, 3.05) is 49.2 Å². The Labute approximate surface area is 194 Å². The third kappa shape index (κ3) is 4.51. The Hall–Kier alpha value is -2.81. The summed E-state index contributed by atoms with van der Waals surface area (Å²) < 4.78 is 11.5. The van der Waals surface area contributed by atoms with Crippen LogP contribution in [-0.2, 0) is 16.1 Å². The molecule has 0 aliphatic carbocycles. The molecule has 2 fully saturated rings. The maximum Gasteiger partial charge on any atom is 0.229 e. The normalized spacial score (nSPS) is 21.6. The van der Waals surface area contributed by atoms with E-state index in [2.05, 4.69) is 29.7 Å². The van der Waals surface area contributed by atoms with E-state index < -0.39 is 0 Å². The summed E-state index contributed by atoms with van der Waals surface area (Å²) in [4.78, 5) is 19.3. The van der Waals surface area contributed by atoms with Crippen LogP contribution in [0.4, 0.5) is 11.8 Å². The van der Waals surface area contributed by atoms with Crippen molar-refractivity contribution in [3.63, 3.8) is 0 Å². The molecule has 0 amide bonds. The molecular formula is C25H31N5O3. The van der Waals surface area contributed by atoms with Crippen LogP contribution in [0.25, 0.3) is 22.3 Å².